The third-order valence-electron chi connectivity index (χ3n) is 2.54. The summed E-state index contributed by atoms with van der Waals surface area (Å²) in [5.74, 6) is 0.217. The molecule has 0 fully saturated rings. The number of esters is 1. The molecule has 0 atom stereocenters. The summed E-state index contributed by atoms with van der Waals surface area (Å²) in [6.07, 6.45) is 0. The number of nitrogens with two attached hydrogens (primary N) is 1. The second kappa shape index (κ2) is 7.33. The monoisotopic (exact) mass is 369 g/mol. The van der Waals surface area contributed by atoms with Gasteiger partial charge in [-0.15, -0.1) is 0 Å². The Morgan fingerprint density at radius 2 is 2.00 bits per heavy atom. The fourth-order valence-corrected chi connectivity index (χ4v) is 2.29. The predicted molar refractivity (Wildman–Crippen MR) is 85.8 cm³/mol. The normalized spacial score (nSPS) is 10.2. The van der Waals surface area contributed by atoms with Gasteiger partial charge in [0.05, 0.1) is 5.56 Å². The van der Waals surface area contributed by atoms with Gasteiger partial charge in [0.25, 0.3) is 0 Å². The number of carbonyl (C=O) groups excluding carboxylic acids is 1. The molecule has 21 heavy (non-hydrogen) atoms. The molecule has 0 heterocycles. The Morgan fingerprint density at radius 3 is 2.71 bits per heavy atom. The molecule has 4 nitrogen and oxygen atoms in total. The summed E-state index contributed by atoms with van der Waals surface area (Å²) in [4.78, 5) is 11.8. The first-order valence-electron chi connectivity index (χ1n) is 6.16. The lowest BCUT2D eigenvalue weighted by Gasteiger charge is -2.08. The van der Waals surface area contributed by atoms with E-state index in [0.717, 1.165) is 4.47 Å². The van der Waals surface area contributed by atoms with Crippen LogP contribution in [0, 0.1) is 0 Å². The number of nitrogen functional groups attached to an aromatic ring is 1. The molecule has 0 aromatic heterocycles. The molecule has 0 radical (unpaired) electrons. The largest absolute Gasteiger partial charge is 0.490 e. The van der Waals surface area contributed by atoms with Crippen molar-refractivity contribution in [1.29, 1.82) is 0 Å². The molecule has 0 aliphatic carbocycles. The lowest BCUT2D eigenvalue weighted by Crippen LogP contribution is -2.12. The van der Waals surface area contributed by atoms with Crippen molar-refractivity contribution in [2.24, 2.45) is 0 Å². The minimum atomic E-state index is -0.484. The van der Waals surface area contributed by atoms with Crippen molar-refractivity contribution < 1.29 is 14.3 Å². The van der Waals surface area contributed by atoms with Gasteiger partial charge in [0.1, 0.15) is 19.0 Å². The van der Waals surface area contributed by atoms with Gasteiger partial charge in [-0.2, -0.15) is 0 Å². The number of hydrogen-bond donors (Lipinski definition) is 1. The number of ether oxygens (including phenoxy) is 2. The maximum Gasteiger partial charge on any atom is 0.338 e. The molecule has 0 aliphatic rings. The first kappa shape index (κ1) is 15.7. The van der Waals surface area contributed by atoms with E-state index in [4.69, 9.17) is 26.8 Å². The molecule has 2 N–H and O–H groups in total. The zero-order chi connectivity index (χ0) is 15.2. The van der Waals surface area contributed by atoms with Crippen LogP contribution >= 0.6 is 27.5 Å². The Balaban J connectivity index is 1.82. The standard InChI is InChI=1S/C15H13BrClNO3/c16-11-2-1-3-14(8-11)20-4-5-21-15(19)10-6-12(17)9-13(18)7-10/h1-3,6-9H,4-5,18H2. The number of halogens is 2. The van der Waals surface area contributed by atoms with Gasteiger partial charge in [-0.05, 0) is 36.4 Å². The lowest BCUT2D eigenvalue weighted by molar-refractivity contribution is 0.0450. The number of anilines is 1. The van der Waals surface area contributed by atoms with Crippen molar-refractivity contribution >= 4 is 39.2 Å². The van der Waals surface area contributed by atoms with Gasteiger partial charge >= 0.3 is 5.97 Å². The highest BCUT2D eigenvalue weighted by atomic mass is 79.9. The third kappa shape index (κ3) is 4.95. The van der Waals surface area contributed by atoms with Crippen LogP contribution in [0.25, 0.3) is 0 Å². The van der Waals surface area contributed by atoms with E-state index in [1.54, 1.807) is 6.07 Å². The van der Waals surface area contributed by atoms with Crippen LogP contribution in [0.3, 0.4) is 0 Å². The molecule has 2 rings (SSSR count). The zero-order valence-corrected chi connectivity index (χ0v) is 13.4. The highest BCUT2D eigenvalue weighted by molar-refractivity contribution is 9.10. The van der Waals surface area contributed by atoms with E-state index in [0.29, 0.717) is 22.0 Å². The van der Waals surface area contributed by atoms with Crippen LogP contribution in [0.4, 0.5) is 5.69 Å². The molecule has 0 amide bonds. The SMILES string of the molecule is Nc1cc(Cl)cc(C(=O)OCCOc2cccc(Br)c2)c1. The Hall–Kier alpha value is -1.72. The average Bonchev–Trinajstić information content (AvgIpc) is 2.42. The van der Waals surface area contributed by atoms with Crippen molar-refractivity contribution in [2.75, 3.05) is 18.9 Å². The van der Waals surface area contributed by atoms with Crippen LogP contribution in [0.2, 0.25) is 5.02 Å². The van der Waals surface area contributed by atoms with Gasteiger partial charge < -0.3 is 15.2 Å². The summed E-state index contributed by atoms with van der Waals surface area (Å²) in [5.41, 5.74) is 6.36. The lowest BCUT2D eigenvalue weighted by atomic mass is 10.2. The summed E-state index contributed by atoms with van der Waals surface area (Å²) in [6, 6.07) is 12.0. The smallest absolute Gasteiger partial charge is 0.338 e. The fraction of sp³-hybridized carbons (Fsp3) is 0.133. The second-order valence-corrected chi connectivity index (χ2v) is 5.57. The molecule has 0 saturated heterocycles. The molecule has 2 aromatic carbocycles. The number of benzene rings is 2. The van der Waals surface area contributed by atoms with Crippen molar-refractivity contribution in [2.45, 2.75) is 0 Å². The Kier molecular flexibility index (Phi) is 5.47. The maximum atomic E-state index is 11.8. The maximum absolute atomic E-state index is 11.8. The van der Waals surface area contributed by atoms with E-state index in [9.17, 15) is 4.79 Å². The van der Waals surface area contributed by atoms with Crippen molar-refractivity contribution in [1.82, 2.24) is 0 Å². The van der Waals surface area contributed by atoms with Crippen LogP contribution in [-0.2, 0) is 4.74 Å². The van der Waals surface area contributed by atoms with Gasteiger partial charge in [-0.3, -0.25) is 0 Å². The Morgan fingerprint density at radius 1 is 1.19 bits per heavy atom. The van der Waals surface area contributed by atoms with E-state index in [1.165, 1.54) is 12.1 Å². The highest BCUT2D eigenvalue weighted by Crippen LogP contribution is 2.18. The summed E-state index contributed by atoms with van der Waals surface area (Å²) >= 11 is 9.18. The number of rotatable bonds is 5. The minimum absolute atomic E-state index is 0.137. The van der Waals surface area contributed by atoms with Gasteiger partial charge in [0.15, 0.2) is 0 Å². The van der Waals surface area contributed by atoms with E-state index in [2.05, 4.69) is 15.9 Å². The topological polar surface area (TPSA) is 61.6 Å². The first-order chi connectivity index (χ1) is 10.0. The van der Waals surface area contributed by atoms with E-state index in [-0.39, 0.29) is 13.2 Å². The van der Waals surface area contributed by atoms with Crippen molar-refractivity contribution in [3.05, 3.63) is 57.5 Å². The molecule has 0 saturated carbocycles. The molecule has 0 bridgehead atoms. The fourth-order valence-electron chi connectivity index (χ4n) is 1.66. The van der Waals surface area contributed by atoms with Gasteiger partial charge in [-0.1, -0.05) is 33.6 Å². The second-order valence-electron chi connectivity index (χ2n) is 4.21. The van der Waals surface area contributed by atoms with Gasteiger partial charge in [0.2, 0.25) is 0 Å². The predicted octanol–water partition coefficient (Wildman–Crippen LogP) is 3.92. The van der Waals surface area contributed by atoms with Crippen LogP contribution in [0.5, 0.6) is 5.75 Å². The van der Waals surface area contributed by atoms with Crippen molar-refractivity contribution in [3.8, 4) is 5.75 Å². The number of carbonyl (C=O) groups is 1. The number of hydrogen-bond acceptors (Lipinski definition) is 4. The van der Waals surface area contributed by atoms with Crippen LogP contribution in [0.15, 0.2) is 46.9 Å². The van der Waals surface area contributed by atoms with Crippen LogP contribution in [0.1, 0.15) is 10.4 Å². The summed E-state index contributed by atoms with van der Waals surface area (Å²) < 4.78 is 11.5. The van der Waals surface area contributed by atoms with Crippen molar-refractivity contribution in [3.63, 3.8) is 0 Å². The zero-order valence-electron chi connectivity index (χ0n) is 11.0. The summed E-state index contributed by atoms with van der Waals surface area (Å²) in [6.45, 7) is 0.399. The van der Waals surface area contributed by atoms with Crippen LogP contribution < -0.4 is 10.5 Å². The van der Waals surface area contributed by atoms with Crippen LogP contribution in [-0.4, -0.2) is 19.2 Å². The van der Waals surface area contributed by atoms with E-state index >= 15 is 0 Å². The van der Waals surface area contributed by atoms with Gasteiger partial charge in [0, 0.05) is 15.2 Å². The van der Waals surface area contributed by atoms with E-state index < -0.39 is 5.97 Å². The summed E-state index contributed by atoms with van der Waals surface area (Å²) in [7, 11) is 0. The third-order valence-corrected chi connectivity index (χ3v) is 3.25. The van der Waals surface area contributed by atoms with E-state index in [1.807, 2.05) is 24.3 Å². The highest BCUT2D eigenvalue weighted by Gasteiger charge is 2.09. The molecule has 6 heteroatoms. The minimum Gasteiger partial charge on any atom is -0.490 e. The molecular formula is C15H13BrClNO3. The Bertz CT molecular complexity index is 628. The Labute approximate surface area is 135 Å². The quantitative estimate of drug-likeness (QED) is 0.492. The molecular weight excluding hydrogens is 358 g/mol. The molecule has 2 aromatic rings. The average molecular weight is 371 g/mol. The molecule has 0 aliphatic heterocycles. The molecule has 0 unspecified atom stereocenters. The molecule has 0 spiro atoms. The molecule has 110 valence electrons. The van der Waals surface area contributed by atoms with Gasteiger partial charge in [-0.25, -0.2) is 4.79 Å². The first-order valence-corrected chi connectivity index (χ1v) is 7.33. The summed E-state index contributed by atoms with van der Waals surface area (Å²) in [5, 5.41) is 0.396.